The number of likely N-dealkylation sites (tertiary alicyclic amines) is 1. The average molecular weight is 489 g/mol. The number of piperidine rings is 1. The number of nitrogens with zero attached hydrogens (tertiary/aromatic N) is 2. The number of ether oxygens (including phenoxy) is 2. The number of hydrogen-bond donors (Lipinski definition) is 0. The first-order valence-electron chi connectivity index (χ1n) is 12.3. The van der Waals surface area contributed by atoms with Crippen LogP contribution < -0.4 is 4.74 Å². The van der Waals surface area contributed by atoms with Gasteiger partial charge in [-0.25, -0.2) is 0 Å². The minimum Gasteiger partial charge on any atom is -0.487 e. The molecule has 3 aromatic carbocycles. The lowest BCUT2D eigenvalue weighted by Crippen LogP contribution is -2.53. The van der Waals surface area contributed by atoms with Crippen LogP contribution in [-0.4, -0.2) is 36.2 Å². The summed E-state index contributed by atoms with van der Waals surface area (Å²) in [6, 6.07) is 31.3. The predicted molar refractivity (Wildman–Crippen MR) is 141 cm³/mol. The smallest absolute Gasteiger partial charge is 0.125 e. The molecular formula is C30H33ClN2O2. The van der Waals surface area contributed by atoms with E-state index in [0.717, 1.165) is 61.3 Å². The SMILES string of the molecule is CC1Oc2ccccc2COC12CCN(CCC(C#N)(c1ccccc1)c1ccccc1)CC2.Cl. The lowest BCUT2D eigenvalue weighted by molar-refractivity contribution is -0.136. The molecule has 35 heavy (non-hydrogen) atoms. The van der Waals surface area contributed by atoms with Gasteiger partial charge in [0.05, 0.1) is 12.7 Å². The molecule has 0 aliphatic carbocycles. The molecule has 182 valence electrons. The fourth-order valence-corrected chi connectivity index (χ4v) is 5.49. The van der Waals surface area contributed by atoms with Gasteiger partial charge in [-0.2, -0.15) is 5.26 Å². The van der Waals surface area contributed by atoms with Gasteiger partial charge in [-0.3, -0.25) is 0 Å². The van der Waals surface area contributed by atoms with E-state index in [0.29, 0.717) is 6.61 Å². The fourth-order valence-electron chi connectivity index (χ4n) is 5.49. The van der Waals surface area contributed by atoms with Crippen LogP contribution >= 0.6 is 12.4 Å². The summed E-state index contributed by atoms with van der Waals surface area (Å²) in [7, 11) is 0. The first kappa shape index (κ1) is 25.3. The molecule has 0 amide bonds. The Morgan fingerprint density at radius 2 is 1.49 bits per heavy atom. The third-order valence-electron chi connectivity index (χ3n) is 7.76. The van der Waals surface area contributed by atoms with Gasteiger partial charge in [0.15, 0.2) is 0 Å². The Hall–Kier alpha value is -2.84. The molecule has 1 unspecified atom stereocenters. The molecule has 4 nitrogen and oxygen atoms in total. The quantitative estimate of drug-likeness (QED) is 0.432. The number of benzene rings is 3. The van der Waals surface area contributed by atoms with Crippen LogP contribution in [0.1, 0.15) is 42.9 Å². The van der Waals surface area contributed by atoms with E-state index in [1.165, 1.54) is 0 Å². The summed E-state index contributed by atoms with van der Waals surface area (Å²) in [6.07, 6.45) is 2.62. The molecule has 3 aromatic rings. The van der Waals surface area contributed by atoms with Crippen molar-refractivity contribution in [3.63, 3.8) is 0 Å². The van der Waals surface area contributed by atoms with Crippen molar-refractivity contribution in [3.05, 3.63) is 102 Å². The molecule has 0 N–H and O–H groups in total. The minimum absolute atomic E-state index is 0. The molecule has 2 heterocycles. The molecule has 5 heteroatoms. The zero-order valence-electron chi connectivity index (χ0n) is 20.2. The minimum atomic E-state index is -0.658. The van der Waals surface area contributed by atoms with Crippen LogP contribution in [0, 0.1) is 11.3 Å². The van der Waals surface area contributed by atoms with Crippen molar-refractivity contribution in [2.24, 2.45) is 0 Å². The highest BCUT2D eigenvalue weighted by molar-refractivity contribution is 5.85. The Labute approximate surface area is 214 Å². The Balaban J connectivity index is 0.00000289. The number of fused-ring (bicyclic) bond motifs is 1. The number of hydrogen-bond acceptors (Lipinski definition) is 4. The number of para-hydroxylation sites is 1. The predicted octanol–water partition coefficient (Wildman–Crippen LogP) is 6.14. The monoisotopic (exact) mass is 488 g/mol. The van der Waals surface area contributed by atoms with E-state index >= 15 is 0 Å². The Morgan fingerprint density at radius 3 is 2.09 bits per heavy atom. The van der Waals surface area contributed by atoms with Crippen LogP contribution in [0.2, 0.25) is 0 Å². The summed E-state index contributed by atoms with van der Waals surface area (Å²) in [5.41, 5.74) is 2.32. The molecule has 2 aliphatic heterocycles. The summed E-state index contributed by atoms with van der Waals surface area (Å²) in [5, 5.41) is 10.5. The van der Waals surface area contributed by atoms with E-state index in [2.05, 4.69) is 48.2 Å². The third kappa shape index (κ3) is 4.95. The van der Waals surface area contributed by atoms with E-state index in [1.807, 2.05) is 54.6 Å². The van der Waals surface area contributed by atoms with Crippen molar-refractivity contribution in [1.82, 2.24) is 4.90 Å². The second-order valence-corrected chi connectivity index (χ2v) is 9.56. The maximum Gasteiger partial charge on any atom is 0.125 e. The topological polar surface area (TPSA) is 45.5 Å². The fraction of sp³-hybridized carbons (Fsp3) is 0.367. The van der Waals surface area contributed by atoms with Crippen molar-refractivity contribution in [2.75, 3.05) is 19.6 Å². The van der Waals surface area contributed by atoms with Crippen LogP contribution in [0.4, 0.5) is 0 Å². The normalized spacial score (nSPS) is 19.5. The summed E-state index contributed by atoms with van der Waals surface area (Å²) in [4.78, 5) is 2.48. The number of nitriles is 1. The maximum absolute atomic E-state index is 10.5. The van der Waals surface area contributed by atoms with E-state index in [1.54, 1.807) is 0 Å². The largest absolute Gasteiger partial charge is 0.487 e. The number of rotatable bonds is 5. The van der Waals surface area contributed by atoms with Crippen molar-refractivity contribution in [1.29, 1.82) is 5.26 Å². The molecule has 5 rings (SSSR count). The maximum atomic E-state index is 10.5. The van der Waals surface area contributed by atoms with Crippen LogP contribution in [0.15, 0.2) is 84.9 Å². The Morgan fingerprint density at radius 1 is 0.914 bits per heavy atom. The van der Waals surface area contributed by atoms with E-state index in [-0.39, 0.29) is 24.1 Å². The Kier molecular flexibility index (Phi) is 7.82. The first-order chi connectivity index (χ1) is 16.7. The molecule has 0 saturated carbocycles. The molecular weight excluding hydrogens is 456 g/mol. The highest BCUT2D eigenvalue weighted by atomic mass is 35.5. The van der Waals surface area contributed by atoms with Crippen LogP contribution in [-0.2, 0) is 16.8 Å². The number of halogens is 1. The second-order valence-electron chi connectivity index (χ2n) is 9.56. The van der Waals surface area contributed by atoms with Crippen LogP contribution in [0.25, 0.3) is 0 Å². The molecule has 1 saturated heterocycles. The van der Waals surface area contributed by atoms with Gasteiger partial charge >= 0.3 is 0 Å². The zero-order valence-corrected chi connectivity index (χ0v) is 21.0. The van der Waals surface area contributed by atoms with Crippen molar-refractivity contribution in [2.45, 2.75) is 49.9 Å². The van der Waals surface area contributed by atoms with E-state index in [4.69, 9.17) is 9.47 Å². The average Bonchev–Trinajstić information content (AvgIpc) is 3.03. The third-order valence-corrected chi connectivity index (χ3v) is 7.76. The molecule has 0 radical (unpaired) electrons. The van der Waals surface area contributed by atoms with Crippen molar-refractivity contribution >= 4 is 12.4 Å². The molecule has 1 fully saturated rings. The van der Waals surface area contributed by atoms with Crippen molar-refractivity contribution in [3.8, 4) is 11.8 Å². The molecule has 1 atom stereocenters. The summed E-state index contributed by atoms with van der Waals surface area (Å²) >= 11 is 0. The van der Waals surface area contributed by atoms with Crippen LogP contribution in [0.3, 0.4) is 0 Å². The van der Waals surface area contributed by atoms with Crippen LogP contribution in [0.5, 0.6) is 5.75 Å². The summed E-state index contributed by atoms with van der Waals surface area (Å²) in [5.74, 6) is 0.943. The van der Waals surface area contributed by atoms with Gasteiger partial charge in [-0.1, -0.05) is 78.9 Å². The zero-order chi connectivity index (χ0) is 23.4. The van der Waals surface area contributed by atoms with Crippen molar-refractivity contribution < 1.29 is 9.47 Å². The summed E-state index contributed by atoms with van der Waals surface area (Å²) in [6.45, 7) is 5.48. The molecule has 1 spiro atoms. The standard InChI is InChI=1S/C30H32N2O2.ClH/c1-24-30(33-22-25-10-8-9-15-28(25)34-24)17-20-32(21-18-30)19-16-29(23-31,26-11-4-2-5-12-26)27-13-6-3-7-14-27;/h2-15,24H,16-22H2,1H3;1H. The highest BCUT2D eigenvalue weighted by Crippen LogP contribution is 2.39. The lowest BCUT2D eigenvalue weighted by Gasteiger charge is -2.44. The van der Waals surface area contributed by atoms with Gasteiger partial charge < -0.3 is 14.4 Å². The summed E-state index contributed by atoms with van der Waals surface area (Å²) < 4.78 is 12.9. The van der Waals surface area contributed by atoms with Gasteiger partial charge in [-0.15, -0.1) is 12.4 Å². The second kappa shape index (κ2) is 10.8. The lowest BCUT2D eigenvalue weighted by atomic mass is 9.73. The highest BCUT2D eigenvalue weighted by Gasteiger charge is 2.44. The van der Waals surface area contributed by atoms with Gasteiger partial charge in [0.25, 0.3) is 0 Å². The first-order valence-corrected chi connectivity index (χ1v) is 12.3. The molecule has 0 aromatic heterocycles. The van der Waals surface area contributed by atoms with Gasteiger partial charge in [0, 0.05) is 25.2 Å². The molecule has 2 aliphatic rings. The molecule has 0 bridgehead atoms. The van der Waals surface area contributed by atoms with E-state index in [9.17, 15) is 5.26 Å². The van der Waals surface area contributed by atoms with Gasteiger partial charge in [0.2, 0.25) is 0 Å². The van der Waals surface area contributed by atoms with Gasteiger partial charge in [-0.05, 0) is 43.4 Å². The van der Waals surface area contributed by atoms with E-state index < -0.39 is 5.41 Å². The van der Waals surface area contributed by atoms with Gasteiger partial charge in [0.1, 0.15) is 22.9 Å². The Bertz CT molecular complexity index is 1100.